The Hall–Kier alpha value is -1.10. The Morgan fingerprint density at radius 2 is 1.54 bits per heavy atom. The molecule has 2 saturated carbocycles. The molecule has 5 nitrogen and oxygen atoms in total. The van der Waals surface area contributed by atoms with Gasteiger partial charge in [0.25, 0.3) is 0 Å². The molecule has 1 N–H and O–H groups in total. The Balaban J connectivity index is 1.19. The maximum absolute atomic E-state index is 12.8. The van der Waals surface area contributed by atoms with E-state index in [0.29, 0.717) is 18.0 Å². The van der Waals surface area contributed by atoms with Crippen LogP contribution < -0.4 is 5.32 Å². The van der Waals surface area contributed by atoms with Crippen molar-refractivity contribution in [1.82, 2.24) is 15.1 Å². The highest BCUT2D eigenvalue weighted by atomic mass is 16.2. The first-order chi connectivity index (χ1) is 13.3. The summed E-state index contributed by atoms with van der Waals surface area (Å²) in [7, 11) is 0. The summed E-state index contributed by atoms with van der Waals surface area (Å²) >= 11 is 0. The lowest BCUT2D eigenvalue weighted by atomic mass is 9.90. The number of fused-ring (bicyclic) bond motifs is 2. The van der Waals surface area contributed by atoms with Gasteiger partial charge in [0, 0.05) is 36.5 Å². The SMILES string of the molecule is CC(C)(C)C(=O)N1CCC(N2CCC(C(=O)NC3CC4CCC3C4)CC2)CC1. The van der Waals surface area contributed by atoms with E-state index in [1.807, 2.05) is 25.7 Å². The van der Waals surface area contributed by atoms with Crippen molar-refractivity contribution in [2.75, 3.05) is 26.2 Å². The number of amides is 2. The second-order valence-electron chi connectivity index (χ2n) is 10.9. The molecule has 3 atom stereocenters. The van der Waals surface area contributed by atoms with Crippen molar-refractivity contribution in [3.05, 3.63) is 0 Å². The Kier molecular flexibility index (Phi) is 5.74. The topological polar surface area (TPSA) is 52.7 Å². The van der Waals surface area contributed by atoms with Crippen LogP contribution in [0.1, 0.15) is 72.1 Å². The lowest BCUT2D eigenvalue weighted by molar-refractivity contribution is -0.141. The van der Waals surface area contributed by atoms with Gasteiger partial charge in [-0.15, -0.1) is 0 Å². The quantitative estimate of drug-likeness (QED) is 0.807. The zero-order valence-corrected chi connectivity index (χ0v) is 18.1. The van der Waals surface area contributed by atoms with Crippen molar-refractivity contribution in [2.45, 2.75) is 84.2 Å². The average Bonchev–Trinajstić information content (AvgIpc) is 3.30. The van der Waals surface area contributed by atoms with E-state index in [9.17, 15) is 9.59 Å². The molecule has 0 aromatic heterocycles. The summed E-state index contributed by atoms with van der Waals surface area (Å²) in [4.78, 5) is 29.9. The average molecular weight is 390 g/mol. The molecule has 3 unspecified atom stereocenters. The van der Waals surface area contributed by atoms with Gasteiger partial charge < -0.3 is 15.1 Å². The Bertz CT molecular complexity index is 583. The van der Waals surface area contributed by atoms with E-state index in [-0.39, 0.29) is 17.2 Å². The molecule has 2 aliphatic carbocycles. The van der Waals surface area contributed by atoms with E-state index in [0.717, 1.165) is 63.7 Å². The van der Waals surface area contributed by atoms with Gasteiger partial charge in [-0.05, 0) is 69.9 Å². The van der Waals surface area contributed by atoms with Crippen molar-refractivity contribution in [3.63, 3.8) is 0 Å². The summed E-state index contributed by atoms with van der Waals surface area (Å²) in [5, 5.41) is 3.41. The Morgan fingerprint density at radius 3 is 2.07 bits per heavy atom. The third-order valence-corrected chi connectivity index (χ3v) is 7.88. The monoisotopic (exact) mass is 389 g/mol. The fraction of sp³-hybridized carbons (Fsp3) is 0.913. The molecule has 0 radical (unpaired) electrons. The molecule has 0 spiro atoms. The van der Waals surface area contributed by atoms with E-state index < -0.39 is 0 Å². The van der Waals surface area contributed by atoms with Crippen LogP contribution >= 0.6 is 0 Å². The van der Waals surface area contributed by atoms with Crippen LogP contribution in [0.25, 0.3) is 0 Å². The maximum atomic E-state index is 12.8. The molecule has 0 aromatic carbocycles. The van der Waals surface area contributed by atoms with Crippen LogP contribution in [0, 0.1) is 23.2 Å². The number of nitrogens with zero attached hydrogens (tertiary/aromatic N) is 2. The third kappa shape index (κ3) is 4.24. The summed E-state index contributed by atoms with van der Waals surface area (Å²) in [6.45, 7) is 9.85. The first kappa shape index (κ1) is 20.2. The molecule has 158 valence electrons. The second kappa shape index (κ2) is 7.97. The van der Waals surface area contributed by atoms with Crippen LogP contribution in [0.4, 0.5) is 0 Å². The van der Waals surface area contributed by atoms with Crippen molar-refractivity contribution in [2.24, 2.45) is 23.2 Å². The lowest BCUT2D eigenvalue weighted by Gasteiger charge is -2.42. The van der Waals surface area contributed by atoms with Gasteiger partial charge in [0.1, 0.15) is 0 Å². The summed E-state index contributed by atoms with van der Waals surface area (Å²) in [6.07, 6.45) is 9.41. The predicted octanol–water partition coefficient (Wildman–Crippen LogP) is 3.04. The van der Waals surface area contributed by atoms with E-state index in [1.165, 1.54) is 25.7 Å². The summed E-state index contributed by atoms with van der Waals surface area (Å²) in [6, 6.07) is 1.05. The lowest BCUT2D eigenvalue weighted by Crippen LogP contribution is -2.52. The highest BCUT2D eigenvalue weighted by molar-refractivity contribution is 5.81. The standard InChI is InChI=1S/C23H39N3O2/c1-23(2,3)22(28)26-12-8-19(9-13-26)25-10-6-17(7-11-25)21(27)24-20-15-16-4-5-18(20)14-16/h16-20H,4-15H2,1-3H3,(H,24,27). The van der Waals surface area contributed by atoms with E-state index in [4.69, 9.17) is 0 Å². The summed E-state index contributed by atoms with van der Waals surface area (Å²) in [5.41, 5.74) is -0.280. The molecule has 2 heterocycles. The molecule has 0 aromatic rings. The first-order valence-corrected chi connectivity index (χ1v) is 11.6. The summed E-state index contributed by atoms with van der Waals surface area (Å²) in [5.74, 6) is 2.45. The molecular formula is C23H39N3O2. The number of carbonyl (C=O) groups excluding carboxylic acids is 2. The van der Waals surface area contributed by atoms with Gasteiger partial charge in [-0.25, -0.2) is 0 Å². The molecule has 2 amide bonds. The third-order valence-electron chi connectivity index (χ3n) is 7.88. The van der Waals surface area contributed by atoms with Crippen LogP contribution in [0.2, 0.25) is 0 Å². The molecule has 2 aliphatic heterocycles. The van der Waals surface area contributed by atoms with Crippen molar-refractivity contribution in [3.8, 4) is 0 Å². The van der Waals surface area contributed by atoms with Crippen LogP contribution in [-0.2, 0) is 9.59 Å². The smallest absolute Gasteiger partial charge is 0.227 e. The van der Waals surface area contributed by atoms with Gasteiger partial charge in [0.2, 0.25) is 11.8 Å². The first-order valence-electron chi connectivity index (χ1n) is 11.6. The summed E-state index contributed by atoms with van der Waals surface area (Å²) < 4.78 is 0. The van der Waals surface area contributed by atoms with Gasteiger partial charge in [-0.3, -0.25) is 9.59 Å². The highest BCUT2D eigenvalue weighted by Crippen LogP contribution is 2.44. The Morgan fingerprint density at radius 1 is 0.857 bits per heavy atom. The van der Waals surface area contributed by atoms with Gasteiger partial charge >= 0.3 is 0 Å². The number of nitrogens with one attached hydrogen (secondary N) is 1. The van der Waals surface area contributed by atoms with Gasteiger partial charge in [0.05, 0.1) is 0 Å². The van der Waals surface area contributed by atoms with Crippen molar-refractivity contribution >= 4 is 11.8 Å². The van der Waals surface area contributed by atoms with Gasteiger partial charge in [-0.1, -0.05) is 27.2 Å². The minimum Gasteiger partial charge on any atom is -0.353 e. The second-order valence-corrected chi connectivity index (χ2v) is 10.9. The predicted molar refractivity (Wildman–Crippen MR) is 111 cm³/mol. The minimum absolute atomic E-state index is 0.206. The molecule has 4 rings (SSSR count). The van der Waals surface area contributed by atoms with Gasteiger partial charge in [0.15, 0.2) is 0 Å². The van der Waals surface area contributed by atoms with Crippen LogP contribution in [0.5, 0.6) is 0 Å². The van der Waals surface area contributed by atoms with Crippen molar-refractivity contribution in [1.29, 1.82) is 0 Å². The van der Waals surface area contributed by atoms with E-state index >= 15 is 0 Å². The molecule has 4 aliphatic rings. The van der Waals surface area contributed by atoms with Gasteiger partial charge in [-0.2, -0.15) is 0 Å². The van der Waals surface area contributed by atoms with Crippen LogP contribution in [0.15, 0.2) is 0 Å². The zero-order valence-electron chi connectivity index (χ0n) is 18.1. The number of hydrogen-bond donors (Lipinski definition) is 1. The maximum Gasteiger partial charge on any atom is 0.227 e. The number of rotatable bonds is 3. The largest absolute Gasteiger partial charge is 0.353 e. The molecule has 5 heteroatoms. The normalized spacial score (nSPS) is 32.7. The molecule has 2 bridgehead atoms. The number of piperidine rings is 2. The fourth-order valence-electron chi connectivity index (χ4n) is 6.16. The number of carbonyl (C=O) groups is 2. The van der Waals surface area contributed by atoms with Crippen LogP contribution in [0.3, 0.4) is 0 Å². The zero-order chi connectivity index (χ0) is 19.9. The minimum atomic E-state index is -0.280. The highest BCUT2D eigenvalue weighted by Gasteiger charge is 2.41. The van der Waals surface area contributed by atoms with E-state index in [1.54, 1.807) is 0 Å². The number of likely N-dealkylation sites (tertiary alicyclic amines) is 2. The Labute approximate surface area is 170 Å². The van der Waals surface area contributed by atoms with Crippen LogP contribution in [-0.4, -0.2) is 59.9 Å². The molecule has 28 heavy (non-hydrogen) atoms. The molecular weight excluding hydrogens is 350 g/mol. The van der Waals surface area contributed by atoms with Crippen molar-refractivity contribution < 1.29 is 9.59 Å². The fourth-order valence-corrected chi connectivity index (χ4v) is 6.16. The number of hydrogen-bond acceptors (Lipinski definition) is 3. The molecule has 2 saturated heterocycles. The van der Waals surface area contributed by atoms with E-state index in [2.05, 4.69) is 10.2 Å². The molecule has 4 fully saturated rings.